The molecule has 2 heteroatoms. The van der Waals surface area contributed by atoms with E-state index >= 15 is 0 Å². The highest BCUT2D eigenvalue weighted by Crippen LogP contribution is 2.16. The van der Waals surface area contributed by atoms with Crippen LogP contribution in [0.3, 0.4) is 0 Å². The lowest BCUT2D eigenvalue weighted by Crippen LogP contribution is -2.26. The van der Waals surface area contributed by atoms with E-state index in [1.807, 2.05) is 0 Å². The molecule has 0 N–H and O–H groups in total. The van der Waals surface area contributed by atoms with Crippen molar-refractivity contribution in [3.63, 3.8) is 0 Å². The molecule has 0 aromatic rings. The van der Waals surface area contributed by atoms with Gasteiger partial charge in [-0.2, -0.15) is 0 Å². The molecule has 0 atom stereocenters. The molecule has 0 saturated heterocycles. The first-order chi connectivity index (χ1) is 9.12. The fourth-order valence-corrected chi connectivity index (χ4v) is 2.00. The largest absolute Gasteiger partial charge is 0.381 e. The third-order valence-corrected chi connectivity index (χ3v) is 3.27. The van der Waals surface area contributed by atoms with Crippen LogP contribution in [0.25, 0.3) is 0 Å². The fourth-order valence-electron chi connectivity index (χ4n) is 2.00. The molecule has 0 unspecified atom stereocenters. The summed E-state index contributed by atoms with van der Waals surface area (Å²) in [7, 11) is 0. The van der Waals surface area contributed by atoms with Crippen molar-refractivity contribution in [2.24, 2.45) is 5.41 Å². The SMILES string of the molecule is CCCCCCOCC(C)(C)COCCCCCC. The Morgan fingerprint density at radius 3 is 1.42 bits per heavy atom. The average Bonchev–Trinajstić information content (AvgIpc) is 2.38. The van der Waals surface area contributed by atoms with Crippen LogP contribution in [0.15, 0.2) is 0 Å². The monoisotopic (exact) mass is 272 g/mol. The minimum atomic E-state index is 0.148. The molecule has 0 aliphatic carbocycles. The van der Waals surface area contributed by atoms with Gasteiger partial charge >= 0.3 is 0 Å². The summed E-state index contributed by atoms with van der Waals surface area (Å²) in [6.45, 7) is 12.4. The van der Waals surface area contributed by atoms with Crippen LogP contribution >= 0.6 is 0 Å². The molecule has 2 nitrogen and oxygen atoms in total. The summed E-state index contributed by atoms with van der Waals surface area (Å²) < 4.78 is 11.5. The Labute approximate surface area is 121 Å². The number of unbranched alkanes of at least 4 members (excludes halogenated alkanes) is 6. The highest BCUT2D eigenvalue weighted by atomic mass is 16.5. The van der Waals surface area contributed by atoms with Gasteiger partial charge in [-0.05, 0) is 12.8 Å². The maximum Gasteiger partial charge on any atom is 0.0539 e. The molecule has 0 radical (unpaired) electrons. The number of ether oxygens (including phenoxy) is 2. The minimum Gasteiger partial charge on any atom is -0.381 e. The van der Waals surface area contributed by atoms with E-state index in [1.165, 1.54) is 51.4 Å². The summed E-state index contributed by atoms with van der Waals surface area (Å²) in [6, 6.07) is 0. The molecule has 0 rings (SSSR count). The highest BCUT2D eigenvalue weighted by Gasteiger charge is 2.18. The molecular formula is C17H36O2. The van der Waals surface area contributed by atoms with Crippen LogP contribution in [0.4, 0.5) is 0 Å². The zero-order valence-electron chi connectivity index (χ0n) is 13.8. The van der Waals surface area contributed by atoms with Gasteiger partial charge in [-0.1, -0.05) is 66.2 Å². The summed E-state index contributed by atoms with van der Waals surface area (Å²) in [5, 5.41) is 0. The lowest BCUT2D eigenvalue weighted by Gasteiger charge is -2.24. The molecule has 0 aliphatic rings. The van der Waals surface area contributed by atoms with Gasteiger partial charge in [0.1, 0.15) is 0 Å². The van der Waals surface area contributed by atoms with Gasteiger partial charge in [-0.3, -0.25) is 0 Å². The van der Waals surface area contributed by atoms with E-state index in [1.54, 1.807) is 0 Å². The van der Waals surface area contributed by atoms with E-state index in [9.17, 15) is 0 Å². The van der Waals surface area contributed by atoms with E-state index in [-0.39, 0.29) is 5.41 Å². The molecule has 0 saturated carbocycles. The summed E-state index contributed by atoms with van der Waals surface area (Å²) in [5.74, 6) is 0. The molecule has 0 amide bonds. The van der Waals surface area contributed by atoms with Crippen molar-refractivity contribution in [3.8, 4) is 0 Å². The second kappa shape index (κ2) is 12.9. The van der Waals surface area contributed by atoms with E-state index in [2.05, 4.69) is 27.7 Å². The van der Waals surface area contributed by atoms with Crippen molar-refractivity contribution in [2.75, 3.05) is 26.4 Å². The average molecular weight is 272 g/mol. The van der Waals surface area contributed by atoms with Crippen LogP contribution in [0.2, 0.25) is 0 Å². The van der Waals surface area contributed by atoms with Crippen LogP contribution in [-0.4, -0.2) is 26.4 Å². The van der Waals surface area contributed by atoms with Crippen LogP contribution in [0.5, 0.6) is 0 Å². The van der Waals surface area contributed by atoms with Crippen molar-refractivity contribution in [2.45, 2.75) is 79.1 Å². The summed E-state index contributed by atoms with van der Waals surface area (Å²) in [5.41, 5.74) is 0.148. The highest BCUT2D eigenvalue weighted by molar-refractivity contribution is 4.66. The zero-order chi connectivity index (χ0) is 14.4. The van der Waals surface area contributed by atoms with Crippen molar-refractivity contribution in [1.29, 1.82) is 0 Å². The van der Waals surface area contributed by atoms with Crippen LogP contribution in [0, 0.1) is 5.41 Å². The molecule has 19 heavy (non-hydrogen) atoms. The first-order valence-electron chi connectivity index (χ1n) is 8.28. The van der Waals surface area contributed by atoms with Crippen molar-refractivity contribution < 1.29 is 9.47 Å². The van der Waals surface area contributed by atoms with Gasteiger partial charge in [0.25, 0.3) is 0 Å². The van der Waals surface area contributed by atoms with Crippen molar-refractivity contribution in [1.82, 2.24) is 0 Å². The van der Waals surface area contributed by atoms with Gasteiger partial charge in [0.05, 0.1) is 13.2 Å². The maximum atomic E-state index is 5.76. The Kier molecular flexibility index (Phi) is 12.9. The third-order valence-electron chi connectivity index (χ3n) is 3.27. The standard InChI is InChI=1S/C17H36O2/c1-5-7-9-11-13-18-15-17(3,4)16-19-14-12-10-8-6-2/h5-16H2,1-4H3. The lowest BCUT2D eigenvalue weighted by atomic mass is 9.96. The molecule has 0 aromatic heterocycles. The van der Waals surface area contributed by atoms with E-state index in [0.717, 1.165) is 26.4 Å². The molecule has 0 spiro atoms. The predicted octanol–water partition coefficient (Wildman–Crippen LogP) is 5.21. The fraction of sp³-hybridized carbons (Fsp3) is 1.00. The molecule has 0 aliphatic heterocycles. The molecular weight excluding hydrogens is 236 g/mol. The maximum absolute atomic E-state index is 5.76. The molecule has 0 bridgehead atoms. The second-order valence-corrected chi connectivity index (χ2v) is 6.39. The second-order valence-electron chi connectivity index (χ2n) is 6.39. The van der Waals surface area contributed by atoms with Crippen LogP contribution in [-0.2, 0) is 9.47 Å². The van der Waals surface area contributed by atoms with Crippen molar-refractivity contribution >= 4 is 0 Å². The topological polar surface area (TPSA) is 18.5 Å². The first kappa shape index (κ1) is 18.9. The van der Waals surface area contributed by atoms with Gasteiger partial charge in [0.2, 0.25) is 0 Å². The smallest absolute Gasteiger partial charge is 0.0539 e. The summed E-state index contributed by atoms with van der Waals surface area (Å²) >= 11 is 0. The summed E-state index contributed by atoms with van der Waals surface area (Å²) in [4.78, 5) is 0. The zero-order valence-corrected chi connectivity index (χ0v) is 13.8. The Morgan fingerprint density at radius 1 is 0.632 bits per heavy atom. The third kappa shape index (κ3) is 14.1. The van der Waals surface area contributed by atoms with E-state index in [0.29, 0.717) is 0 Å². The Morgan fingerprint density at radius 2 is 1.05 bits per heavy atom. The Bertz CT molecular complexity index is 160. The number of rotatable bonds is 14. The van der Waals surface area contributed by atoms with Gasteiger partial charge in [0.15, 0.2) is 0 Å². The van der Waals surface area contributed by atoms with Gasteiger partial charge in [-0.15, -0.1) is 0 Å². The quantitative estimate of drug-likeness (QED) is 0.404. The number of hydrogen-bond acceptors (Lipinski definition) is 2. The van der Waals surface area contributed by atoms with Gasteiger partial charge in [0, 0.05) is 18.6 Å². The molecule has 0 aromatic carbocycles. The van der Waals surface area contributed by atoms with Gasteiger partial charge in [-0.25, -0.2) is 0 Å². The lowest BCUT2D eigenvalue weighted by molar-refractivity contribution is -0.00509. The Balaban J connectivity index is 3.36. The number of hydrogen-bond donors (Lipinski definition) is 0. The molecule has 0 fully saturated rings. The molecule has 116 valence electrons. The predicted molar refractivity (Wildman–Crippen MR) is 83.7 cm³/mol. The van der Waals surface area contributed by atoms with Gasteiger partial charge < -0.3 is 9.47 Å². The Hall–Kier alpha value is -0.0800. The van der Waals surface area contributed by atoms with Crippen molar-refractivity contribution in [3.05, 3.63) is 0 Å². The van der Waals surface area contributed by atoms with Crippen LogP contribution < -0.4 is 0 Å². The van der Waals surface area contributed by atoms with E-state index < -0.39 is 0 Å². The normalized spacial score (nSPS) is 12.0. The first-order valence-corrected chi connectivity index (χ1v) is 8.28. The van der Waals surface area contributed by atoms with Crippen LogP contribution in [0.1, 0.15) is 79.1 Å². The molecule has 0 heterocycles. The minimum absolute atomic E-state index is 0.148. The summed E-state index contributed by atoms with van der Waals surface area (Å²) in [6.07, 6.45) is 10.2. The van der Waals surface area contributed by atoms with E-state index in [4.69, 9.17) is 9.47 Å².